The summed E-state index contributed by atoms with van der Waals surface area (Å²) in [7, 11) is 0. The van der Waals surface area contributed by atoms with E-state index < -0.39 is 0 Å². The Morgan fingerprint density at radius 2 is 1.92 bits per heavy atom. The molecular formula is C10H23NO. The monoisotopic (exact) mass is 173 g/mol. The molecule has 2 heteroatoms. The van der Waals surface area contributed by atoms with Crippen LogP contribution in [-0.2, 0) is 0 Å². The average molecular weight is 173 g/mol. The lowest BCUT2D eigenvalue weighted by atomic mass is 9.89. The van der Waals surface area contributed by atoms with Gasteiger partial charge in [-0.3, -0.25) is 0 Å². The number of hydrogen-bond acceptors (Lipinski definition) is 2. The van der Waals surface area contributed by atoms with Crippen LogP contribution in [-0.4, -0.2) is 17.3 Å². The van der Waals surface area contributed by atoms with Crippen molar-refractivity contribution in [2.24, 2.45) is 11.7 Å². The van der Waals surface area contributed by atoms with Crippen molar-refractivity contribution in [2.45, 2.75) is 58.6 Å². The molecule has 0 rings (SSSR count). The second kappa shape index (κ2) is 6.44. The van der Waals surface area contributed by atoms with Gasteiger partial charge < -0.3 is 10.8 Å². The third-order valence-electron chi connectivity index (χ3n) is 2.55. The molecule has 0 aliphatic heterocycles. The maximum atomic E-state index is 9.30. The fraction of sp³-hybridized carbons (Fsp3) is 1.00. The van der Waals surface area contributed by atoms with Crippen LogP contribution in [0.4, 0.5) is 0 Å². The van der Waals surface area contributed by atoms with Gasteiger partial charge in [0.2, 0.25) is 0 Å². The van der Waals surface area contributed by atoms with Crippen molar-refractivity contribution in [3.63, 3.8) is 0 Å². The van der Waals surface area contributed by atoms with Crippen LogP contribution in [0.2, 0.25) is 0 Å². The minimum Gasteiger partial charge on any atom is -0.392 e. The van der Waals surface area contributed by atoms with Gasteiger partial charge in [0.25, 0.3) is 0 Å². The summed E-state index contributed by atoms with van der Waals surface area (Å²) in [6.45, 7) is 6.10. The molecule has 0 saturated carbocycles. The predicted octanol–water partition coefficient (Wildman–Crippen LogP) is 1.91. The van der Waals surface area contributed by atoms with Crippen molar-refractivity contribution in [3.8, 4) is 0 Å². The molecule has 3 atom stereocenters. The highest BCUT2D eigenvalue weighted by molar-refractivity contribution is 4.76. The minimum absolute atomic E-state index is 0.0402. The first-order valence-electron chi connectivity index (χ1n) is 5.07. The maximum Gasteiger partial charge on any atom is 0.0665 e. The quantitative estimate of drug-likeness (QED) is 0.644. The average Bonchev–Trinajstić information content (AvgIpc) is 2.05. The Morgan fingerprint density at radius 3 is 2.25 bits per heavy atom. The number of nitrogens with two attached hydrogens (primary N) is 1. The number of unbranched alkanes of at least 4 members (excludes halogenated alkanes) is 1. The summed E-state index contributed by atoms with van der Waals surface area (Å²) in [6.07, 6.45) is 4.29. The van der Waals surface area contributed by atoms with E-state index in [0.29, 0.717) is 5.92 Å². The predicted molar refractivity (Wildman–Crippen MR) is 53.0 cm³/mol. The van der Waals surface area contributed by atoms with Crippen LogP contribution in [0, 0.1) is 5.92 Å². The Kier molecular flexibility index (Phi) is 6.39. The first-order chi connectivity index (χ1) is 5.63. The van der Waals surface area contributed by atoms with Gasteiger partial charge in [-0.2, -0.15) is 0 Å². The van der Waals surface area contributed by atoms with Gasteiger partial charge in [-0.1, -0.05) is 33.1 Å². The van der Waals surface area contributed by atoms with E-state index in [1.165, 1.54) is 12.8 Å². The summed E-state index contributed by atoms with van der Waals surface area (Å²) in [5.74, 6) is 0.491. The van der Waals surface area contributed by atoms with Crippen LogP contribution in [0.15, 0.2) is 0 Å². The van der Waals surface area contributed by atoms with Crippen molar-refractivity contribution in [2.75, 3.05) is 0 Å². The minimum atomic E-state index is -0.369. The Balaban J connectivity index is 3.79. The van der Waals surface area contributed by atoms with Gasteiger partial charge in [0.1, 0.15) is 0 Å². The molecule has 74 valence electrons. The molecule has 0 aromatic heterocycles. The standard InChI is InChI=1S/C10H23NO/c1-4-6-7-9(5-2)10(11)8(3)12/h8-10,12H,4-7,11H2,1-3H3. The highest BCUT2D eigenvalue weighted by Gasteiger charge is 2.19. The van der Waals surface area contributed by atoms with E-state index in [9.17, 15) is 5.11 Å². The Labute approximate surface area is 76.2 Å². The number of aliphatic hydroxyl groups excluding tert-OH is 1. The SMILES string of the molecule is CCCCC(CC)C(N)C(C)O. The molecule has 0 saturated heterocycles. The lowest BCUT2D eigenvalue weighted by molar-refractivity contribution is 0.128. The summed E-state index contributed by atoms with van der Waals surface area (Å²) < 4.78 is 0. The number of rotatable bonds is 6. The molecule has 3 unspecified atom stereocenters. The smallest absolute Gasteiger partial charge is 0.0665 e. The summed E-state index contributed by atoms with van der Waals surface area (Å²) in [4.78, 5) is 0. The molecule has 0 radical (unpaired) electrons. The van der Waals surface area contributed by atoms with E-state index in [2.05, 4.69) is 13.8 Å². The molecule has 0 aromatic carbocycles. The molecule has 0 spiro atoms. The summed E-state index contributed by atoms with van der Waals surface area (Å²) in [5.41, 5.74) is 5.86. The van der Waals surface area contributed by atoms with Crippen molar-refractivity contribution in [1.82, 2.24) is 0 Å². The van der Waals surface area contributed by atoms with E-state index >= 15 is 0 Å². The second-order valence-electron chi connectivity index (χ2n) is 3.63. The van der Waals surface area contributed by atoms with E-state index in [0.717, 1.165) is 12.8 Å². The topological polar surface area (TPSA) is 46.2 Å². The van der Waals surface area contributed by atoms with Crippen molar-refractivity contribution in [1.29, 1.82) is 0 Å². The van der Waals surface area contributed by atoms with E-state index in [4.69, 9.17) is 5.73 Å². The van der Waals surface area contributed by atoms with Crippen LogP contribution in [0.3, 0.4) is 0 Å². The lowest BCUT2D eigenvalue weighted by Gasteiger charge is -2.24. The first kappa shape index (κ1) is 11.9. The van der Waals surface area contributed by atoms with Crippen LogP contribution in [0.5, 0.6) is 0 Å². The fourth-order valence-electron chi connectivity index (χ4n) is 1.53. The Bertz CT molecular complexity index is 104. The molecular weight excluding hydrogens is 150 g/mol. The zero-order valence-corrected chi connectivity index (χ0v) is 8.59. The third kappa shape index (κ3) is 4.07. The Morgan fingerprint density at radius 1 is 1.33 bits per heavy atom. The zero-order valence-electron chi connectivity index (χ0n) is 8.59. The molecule has 0 heterocycles. The third-order valence-corrected chi connectivity index (χ3v) is 2.55. The maximum absolute atomic E-state index is 9.30. The lowest BCUT2D eigenvalue weighted by Crippen LogP contribution is -2.39. The van der Waals surface area contributed by atoms with Gasteiger partial charge in [0.05, 0.1) is 6.10 Å². The molecule has 0 fully saturated rings. The first-order valence-corrected chi connectivity index (χ1v) is 5.07. The van der Waals surface area contributed by atoms with Gasteiger partial charge in [-0.05, 0) is 19.3 Å². The van der Waals surface area contributed by atoms with Crippen LogP contribution in [0.1, 0.15) is 46.5 Å². The van der Waals surface area contributed by atoms with Gasteiger partial charge >= 0.3 is 0 Å². The number of aliphatic hydroxyl groups is 1. The van der Waals surface area contributed by atoms with Gasteiger partial charge in [-0.15, -0.1) is 0 Å². The largest absolute Gasteiger partial charge is 0.392 e. The molecule has 0 amide bonds. The number of hydrogen-bond donors (Lipinski definition) is 2. The second-order valence-corrected chi connectivity index (χ2v) is 3.63. The fourth-order valence-corrected chi connectivity index (χ4v) is 1.53. The molecule has 0 aromatic rings. The molecule has 0 aliphatic rings. The van der Waals surface area contributed by atoms with Crippen molar-refractivity contribution in [3.05, 3.63) is 0 Å². The molecule has 12 heavy (non-hydrogen) atoms. The molecule has 0 bridgehead atoms. The van der Waals surface area contributed by atoms with E-state index in [1.54, 1.807) is 6.92 Å². The van der Waals surface area contributed by atoms with Crippen LogP contribution < -0.4 is 5.73 Å². The van der Waals surface area contributed by atoms with E-state index in [-0.39, 0.29) is 12.1 Å². The summed E-state index contributed by atoms with van der Waals surface area (Å²) >= 11 is 0. The van der Waals surface area contributed by atoms with Gasteiger partial charge in [-0.25, -0.2) is 0 Å². The van der Waals surface area contributed by atoms with Crippen LogP contribution in [0.25, 0.3) is 0 Å². The highest BCUT2D eigenvalue weighted by Crippen LogP contribution is 2.17. The van der Waals surface area contributed by atoms with Gasteiger partial charge in [0, 0.05) is 6.04 Å². The van der Waals surface area contributed by atoms with E-state index in [1.807, 2.05) is 0 Å². The summed E-state index contributed by atoms with van der Waals surface area (Å²) in [5, 5.41) is 9.30. The zero-order chi connectivity index (χ0) is 9.56. The van der Waals surface area contributed by atoms with Gasteiger partial charge in [0.15, 0.2) is 0 Å². The normalized spacial score (nSPS) is 18.8. The Hall–Kier alpha value is -0.0800. The van der Waals surface area contributed by atoms with Crippen molar-refractivity contribution < 1.29 is 5.11 Å². The van der Waals surface area contributed by atoms with Crippen LogP contribution >= 0.6 is 0 Å². The molecule has 0 aliphatic carbocycles. The summed E-state index contributed by atoms with van der Waals surface area (Å²) in [6, 6.07) is -0.0402. The molecule has 2 nitrogen and oxygen atoms in total. The van der Waals surface area contributed by atoms with Crippen molar-refractivity contribution >= 4 is 0 Å². The highest BCUT2D eigenvalue weighted by atomic mass is 16.3. The molecule has 3 N–H and O–H groups in total.